The van der Waals surface area contributed by atoms with Crippen molar-refractivity contribution >= 4 is 10.8 Å². The number of hydrogen-bond donors (Lipinski definition) is 2. The Balaban J connectivity index is 2.30. The summed E-state index contributed by atoms with van der Waals surface area (Å²) in [7, 11) is 0. The molecule has 2 aromatic rings. The summed E-state index contributed by atoms with van der Waals surface area (Å²) in [5, 5.41) is 20.5. The molecule has 0 aliphatic carbocycles. The minimum atomic E-state index is -0.661. The first-order chi connectivity index (χ1) is 7.29. The van der Waals surface area contributed by atoms with Crippen LogP contribution in [0.25, 0.3) is 10.8 Å². The molecule has 0 aliphatic heterocycles. The van der Waals surface area contributed by atoms with Gasteiger partial charge in [-0.3, -0.25) is 0 Å². The standard InChI is InChI=1S/C13H14O2/c14-9-13(15)8-10-5-6-11-3-1-2-4-12(11)7-10/h1-7,13-15H,8-9H2/t13-/m0/s1. The maximum atomic E-state index is 9.33. The molecule has 0 heterocycles. The minimum absolute atomic E-state index is 0.188. The highest BCUT2D eigenvalue weighted by Gasteiger charge is 2.03. The summed E-state index contributed by atoms with van der Waals surface area (Å²) < 4.78 is 0. The molecule has 2 rings (SSSR count). The Bertz CT molecular complexity index is 451. The summed E-state index contributed by atoms with van der Waals surface area (Å²) in [5.41, 5.74) is 1.05. The Morgan fingerprint density at radius 2 is 1.73 bits per heavy atom. The van der Waals surface area contributed by atoms with E-state index in [0.29, 0.717) is 6.42 Å². The Morgan fingerprint density at radius 3 is 2.47 bits per heavy atom. The topological polar surface area (TPSA) is 40.5 Å². The highest BCUT2D eigenvalue weighted by atomic mass is 16.3. The van der Waals surface area contributed by atoms with E-state index >= 15 is 0 Å². The quantitative estimate of drug-likeness (QED) is 0.795. The number of aliphatic hydroxyl groups excluding tert-OH is 2. The molecule has 2 heteroatoms. The monoisotopic (exact) mass is 202 g/mol. The van der Waals surface area contributed by atoms with Crippen LogP contribution in [0.2, 0.25) is 0 Å². The number of fused-ring (bicyclic) bond motifs is 1. The van der Waals surface area contributed by atoms with Gasteiger partial charge in [0.15, 0.2) is 0 Å². The number of benzene rings is 2. The van der Waals surface area contributed by atoms with E-state index in [1.165, 1.54) is 10.8 Å². The molecular formula is C13H14O2. The maximum absolute atomic E-state index is 9.33. The smallest absolute Gasteiger partial charge is 0.0811 e. The summed E-state index contributed by atoms with van der Waals surface area (Å²) in [6.45, 7) is -0.188. The number of rotatable bonds is 3. The van der Waals surface area contributed by atoms with Crippen LogP contribution in [0.5, 0.6) is 0 Å². The van der Waals surface area contributed by atoms with Crippen LogP contribution in [-0.4, -0.2) is 22.9 Å². The predicted molar refractivity (Wildman–Crippen MR) is 60.7 cm³/mol. The molecule has 0 saturated heterocycles. The van der Waals surface area contributed by atoms with Crippen LogP contribution >= 0.6 is 0 Å². The van der Waals surface area contributed by atoms with Gasteiger partial charge in [-0.1, -0.05) is 42.5 Å². The summed E-state index contributed by atoms with van der Waals surface area (Å²) in [6, 6.07) is 14.2. The SMILES string of the molecule is OC[C@@H](O)Cc1ccc2ccccc2c1. The second-order valence-corrected chi connectivity index (χ2v) is 3.72. The predicted octanol–water partition coefficient (Wildman–Crippen LogP) is 1.74. The van der Waals surface area contributed by atoms with Gasteiger partial charge in [-0.15, -0.1) is 0 Å². The summed E-state index contributed by atoms with van der Waals surface area (Å²) in [4.78, 5) is 0. The third-order valence-corrected chi connectivity index (χ3v) is 2.50. The Labute approximate surface area is 88.8 Å². The van der Waals surface area contributed by atoms with Gasteiger partial charge in [0.25, 0.3) is 0 Å². The van der Waals surface area contributed by atoms with Crippen LogP contribution in [0.4, 0.5) is 0 Å². The largest absolute Gasteiger partial charge is 0.394 e. The molecule has 0 spiro atoms. The van der Waals surface area contributed by atoms with Gasteiger partial charge in [0.05, 0.1) is 12.7 Å². The first kappa shape index (κ1) is 10.1. The first-order valence-corrected chi connectivity index (χ1v) is 5.06. The highest BCUT2D eigenvalue weighted by Crippen LogP contribution is 2.16. The Morgan fingerprint density at radius 1 is 1.00 bits per heavy atom. The molecule has 0 saturated carbocycles. The summed E-state index contributed by atoms with van der Waals surface area (Å²) >= 11 is 0. The van der Waals surface area contributed by atoms with Crippen molar-refractivity contribution in [3.63, 3.8) is 0 Å². The van der Waals surface area contributed by atoms with E-state index < -0.39 is 6.10 Å². The zero-order chi connectivity index (χ0) is 10.7. The van der Waals surface area contributed by atoms with E-state index in [2.05, 4.69) is 6.07 Å². The fourth-order valence-corrected chi connectivity index (χ4v) is 1.70. The minimum Gasteiger partial charge on any atom is -0.394 e. The molecular weight excluding hydrogens is 188 g/mol. The van der Waals surface area contributed by atoms with Gasteiger partial charge < -0.3 is 10.2 Å². The van der Waals surface area contributed by atoms with Crippen molar-refractivity contribution in [3.8, 4) is 0 Å². The van der Waals surface area contributed by atoms with Crippen LogP contribution in [0.1, 0.15) is 5.56 Å². The maximum Gasteiger partial charge on any atom is 0.0811 e. The Hall–Kier alpha value is -1.38. The van der Waals surface area contributed by atoms with Gasteiger partial charge in [0, 0.05) is 6.42 Å². The lowest BCUT2D eigenvalue weighted by atomic mass is 10.0. The van der Waals surface area contributed by atoms with Crippen molar-refractivity contribution in [2.45, 2.75) is 12.5 Å². The van der Waals surface area contributed by atoms with Gasteiger partial charge in [0.2, 0.25) is 0 Å². The van der Waals surface area contributed by atoms with Crippen molar-refractivity contribution in [1.82, 2.24) is 0 Å². The fourth-order valence-electron chi connectivity index (χ4n) is 1.70. The zero-order valence-electron chi connectivity index (χ0n) is 8.43. The lowest BCUT2D eigenvalue weighted by Gasteiger charge is -2.07. The van der Waals surface area contributed by atoms with E-state index in [4.69, 9.17) is 5.11 Å². The average molecular weight is 202 g/mol. The molecule has 0 bridgehead atoms. The summed E-state index contributed by atoms with van der Waals surface area (Å²) in [6.07, 6.45) is -0.160. The molecule has 0 radical (unpaired) electrons. The normalized spacial score (nSPS) is 12.9. The van der Waals surface area contributed by atoms with Crippen LogP contribution in [0, 0.1) is 0 Å². The second kappa shape index (κ2) is 4.43. The molecule has 0 aromatic heterocycles. The molecule has 2 aromatic carbocycles. The molecule has 0 amide bonds. The van der Waals surface area contributed by atoms with Gasteiger partial charge >= 0.3 is 0 Å². The molecule has 1 atom stereocenters. The molecule has 15 heavy (non-hydrogen) atoms. The van der Waals surface area contributed by atoms with Crippen LogP contribution in [0.3, 0.4) is 0 Å². The zero-order valence-corrected chi connectivity index (χ0v) is 8.43. The van der Waals surface area contributed by atoms with Crippen molar-refractivity contribution in [2.75, 3.05) is 6.61 Å². The molecule has 78 valence electrons. The highest BCUT2D eigenvalue weighted by molar-refractivity contribution is 5.82. The lowest BCUT2D eigenvalue weighted by molar-refractivity contribution is 0.0955. The van der Waals surface area contributed by atoms with E-state index in [1.54, 1.807) is 0 Å². The molecule has 0 unspecified atom stereocenters. The van der Waals surface area contributed by atoms with Gasteiger partial charge in [-0.2, -0.15) is 0 Å². The van der Waals surface area contributed by atoms with Crippen molar-refractivity contribution < 1.29 is 10.2 Å². The summed E-state index contributed by atoms with van der Waals surface area (Å²) in [5.74, 6) is 0. The Kier molecular flexibility index (Phi) is 2.99. The molecule has 2 nitrogen and oxygen atoms in total. The van der Waals surface area contributed by atoms with E-state index in [0.717, 1.165) is 5.56 Å². The average Bonchev–Trinajstić information content (AvgIpc) is 2.29. The lowest BCUT2D eigenvalue weighted by Crippen LogP contribution is -2.14. The first-order valence-electron chi connectivity index (χ1n) is 5.06. The molecule has 2 N–H and O–H groups in total. The van der Waals surface area contributed by atoms with E-state index in [9.17, 15) is 5.11 Å². The van der Waals surface area contributed by atoms with Gasteiger partial charge in [-0.05, 0) is 16.3 Å². The van der Waals surface area contributed by atoms with E-state index in [1.807, 2.05) is 36.4 Å². The van der Waals surface area contributed by atoms with E-state index in [-0.39, 0.29) is 6.61 Å². The number of aliphatic hydroxyl groups is 2. The van der Waals surface area contributed by atoms with Crippen molar-refractivity contribution in [2.24, 2.45) is 0 Å². The third-order valence-electron chi connectivity index (χ3n) is 2.50. The van der Waals surface area contributed by atoms with Crippen molar-refractivity contribution in [1.29, 1.82) is 0 Å². The molecule has 0 aliphatic rings. The fraction of sp³-hybridized carbons (Fsp3) is 0.231. The van der Waals surface area contributed by atoms with Gasteiger partial charge in [0.1, 0.15) is 0 Å². The number of hydrogen-bond acceptors (Lipinski definition) is 2. The third kappa shape index (κ3) is 2.35. The van der Waals surface area contributed by atoms with Crippen LogP contribution < -0.4 is 0 Å². The second-order valence-electron chi connectivity index (χ2n) is 3.72. The molecule has 0 fully saturated rings. The van der Waals surface area contributed by atoms with Crippen LogP contribution in [-0.2, 0) is 6.42 Å². The van der Waals surface area contributed by atoms with Gasteiger partial charge in [-0.25, -0.2) is 0 Å². The van der Waals surface area contributed by atoms with Crippen molar-refractivity contribution in [3.05, 3.63) is 48.0 Å². The van der Waals surface area contributed by atoms with Crippen LogP contribution in [0.15, 0.2) is 42.5 Å².